The Bertz CT molecular complexity index is 603. The van der Waals surface area contributed by atoms with Gasteiger partial charge in [0.2, 0.25) is 0 Å². The standard InChI is InChI=1S/C19H24OS/c1-19(2,3)14-9-7-13(8-10-14)18(20)16-5-4-6-17-15(16)11-12-21-17/h7-12,16,18,20H,4-6H2,1-3H3. The normalized spacial score (nSPS) is 20.1. The van der Waals surface area contributed by atoms with E-state index in [1.807, 2.05) is 11.3 Å². The average molecular weight is 300 g/mol. The van der Waals surface area contributed by atoms with Crippen LogP contribution < -0.4 is 0 Å². The molecular weight excluding hydrogens is 276 g/mol. The largest absolute Gasteiger partial charge is 0.388 e. The van der Waals surface area contributed by atoms with Crippen molar-refractivity contribution >= 4 is 11.3 Å². The number of hydrogen-bond acceptors (Lipinski definition) is 2. The summed E-state index contributed by atoms with van der Waals surface area (Å²) in [6, 6.07) is 10.7. The summed E-state index contributed by atoms with van der Waals surface area (Å²) in [5, 5.41) is 13.0. The molecule has 0 saturated carbocycles. The minimum Gasteiger partial charge on any atom is -0.388 e. The first-order valence-electron chi connectivity index (χ1n) is 7.81. The number of fused-ring (bicyclic) bond motifs is 1. The molecule has 0 amide bonds. The van der Waals surface area contributed by atoms with Gasteiger partial charge in [-0.15, -0.1) is 11.3 Å². The Labute approximate surface area is 131 Å². The third-order valence-electron chi connectivity index (χ3n) is 4.60. The number of aryl methyl sites for hydroxylation is 1. The molecule has 3 rings (SSSR count). The zero-order valence-corrected chi connectivity index (χ0v) is 13.9. The van der Waals surface area contributed by atoms with E-state index in [1.165, 1.54) is 28.8 Å². The molecule has 1 N–H and O–H groups in total. The number of rotatable bonds is 2. The number of aliphatic hydroxyl groups is 1. The highest BCUT2D eigenvalue weighted by molar-refractivity contribution is 7.10. The molecule has 2 heteroatoms. The zero-order valence-electron chi connectivity index (χ0n) is 13.1. The van der Waals surface area contributed by atoms with E-state index in [2.05, 4.69) is 56.5 Å². The predicted molar refractivity (Wildman–Crippen MR) is 90.1 cm³/mol. The minimum absolute atomic E-state index is 0.162. The van der Waals surface area contributed by atoms with E-state index in [0.717, 1.165) is 12.0 Å². The first-order chi connectivity index (χ1) is 9.97. The number of benzene rings is 1. The van der Waals surface area contributed by atoms with E-state index < -0.39 is 0 Å². The zero-order chi connectivity index (χ0) is 15.0. The van der Waals surface area contributed by atoms with Gasteiger partial charge < -0.3 is 5.11 Å². The van der Waals surface area contributed by atoms with Crippen molar-refractivity contribution in [2.45, 2.75) is 57.5 Å². The predicted octanol–water partition coefficient (Wildman–Crippen LogP) is 5.20. The van der Waals surface area contributed by atoms with Gasteiger partial charge in [-0.1, -0.05) is 45.0 Å². The summed E-state index contributed by atoms with van der Waals surface area (Å²) in [7, 11) is 0. The third-order valence-corrected chi connectivity index (χ3v) is 5.59. The SMILES string of the molecule is CC(C)(C)c1ccc(C(O)C2CCCc3sccc32)cc1. The fourth-order valence-electron chi connectivity index (χ4n) is 3.26. The summed E-state index contributed by atoms with van der Waals surface area (Å²) in [6.07, 6.45) is 3.08. The monoisotopic (exact) mass is 300 g/mol. The van der Waals surface area contributed by atoms with Crippen LogP contribution in [0.1, 0.15) is 67.2 Å². The molecule has 1 nitrogen and oxygen atoms in total. The van der Waals surface area contributed by atoms with Gasteiger partial charge in [-0.25, -0.2) is 0 Å². The maximum Gasteiger partial charge on any atom is 0.0858 e. The van der Waals surface area contributed by atoms with Crippen LogP contribution >= 0.6 is 11.3 Å². The fraction of sp³-hybridized carbons (Fsp3) is 0.474. The van der Waals surface area contributed by atoms with Gasteiger partial charge in [-0.05, 0) is 52.8 Å². The van der Waals surface area contributed by atoms with Gasteiger partial charge in [-0.3, -0.25) is 0 Å². The van der Waals surface area contributed by atoms with Gasteiger partial charge >= 0.3 is 0 Å². The van der Waals surface area contributed by atoms with Crippen LogP contribution in [0.25, 0.3) is 0 Å². The van der Waals surface area contributed by atoms with Crippen molar-refractivity contribution < 1.29 is 5.11 Å². The average Bonchev–Trinajstić information content (AvgIpc) is 2.94. The molecule has 21 heavy (non-hydrogen) atoms. The van der Waals surface area contributed by atoms with Gasteiger partial charge in [0.15, 0.2) is 0 Å². The summed E-state index contributed by atoms with van der Waals surface area (Å²) >= 11 is 1.84. The van der Waals surface area contributed by atoms with Crippen LogP contribution in [-0.2, 0) is 11.8 Å². The van der Waals surface area contributed by atoms with Crippen molar-refractivity contribution in [2.24, 2.45) is 0 Å². The summed E-state index contributed by atoms with van der Waals surface area (Å²) in [5.74, 6) is 0.264. The van der Waals surface area contributed by atoms with Gasteiger partial charge in [-0.2, -0.15) is 0 Å². The van der Waals surface area contributed by atoms with Crippen LogP contribution in [0.5, 0.6) is 0 Å². The second-order valence-electron chi connectivity index (χ2n) is 7.11. The van der Waals surface area contributed by atoms with Crippen molar-refractivity contribution in [2.75, 3.05) is 0 Å². The molecule has 2 unspecified atom stereocenters. The number of thiophene rings is 1. The smallest absolute Gasteiger partial charge is 0.0858 e. The molecule has 0 spiro atoms. The Morgan fingerprint density at radius 3 is 2.52 bits per heavy atom. The molecule has 1 heterocycles. The molecule has 0 saturated heterocycles. The van der Waals surface area contributed by atoms with Gasteiger partial charge in [0, 0.05) is 10.8 Å². The lowest BCUT2D eigenvalue weighted by Gasteiger charge is -2.28. The molecule has 0 bridgehead atoms. The van der Waals surface area contributed by atoms with Crippen LogP contribution in [0.3, 0.4) is 0 Å². The minimum atomic E-state index is -0.382. The van der Waals surface area contributed by atoms with Gasteiger partial charge in [0.25, 0.3) is 0 Å². The van der Waals surface area contributed by atoms with E-state index in [0.29, 0.717) is 0 Å². The quantitative estimate of drug-likeness (QED) is 0.808. The third kappa shape index (κ3) is 2.93. The van der Waals surface area contributed by atoms with Crippen molar-refractivity contribution in [1.29, 1.82) is 0 Å². The first kappa shape index (κ1) is 14.8. The maximum absolute atomic E-state index is 10.8. The number of hydrogen-bond donors (Lipinski definition) is 1. The fourth-order valence-corrected chi connectivity index (χ4v) is 4.26. The molecule has 1 aliphatic rings. The topological polar surface area (TPSA) is 20.2 Å². The van der Waals surface area contributed by atoms with Gasteiger partial charge in [0.1, 0.15) is 0 Å². The Kier molecular flexibility index (Phi) is 3.94. The highest BCUT2D eigenvalue weighted by Crippen LogP contribution is 2.42. The molecule has 0 aliphatic heterocycles. The Morgan fingerprint density at radius 2 is 1.86 bits per heavy atom. The lowest BCUT2D eigenvalue weighted by atomic mass is 9.80. The summed E-state index contributed by atoms with van der Waals surface area (Å²) in [4.78, 5) is 1.47. The van der Waals surface area contributed by atoms with Gasteiger partial charge in [0.05, 0.1) is 6.10 Å². The van der Waals surface area contributed by atoms with E-state index in [9.17, 15) is 5.11 Å². The first-order valence-corrected chi connectivity index (χ1v) is 8.69. The Balaban J connectivity index is 1.85. The molecule has 2 atom stereocenters. The van der Waals surface area contributed by atoms with Crippen LogP contribution in [-0.4, -0.2) is 5.11 Å². The van der Waals surface area contributed by atoms with Crippen molar-refractivity contribution in [3.8, 4) is 0 Å². The molecule has 2 aromatic rings. The van der Waals surface area contributed by atoms with Crippen molar-refractivity contribution in [1.82, 2.24) is 0 Å². The number of aliphatic hydroxyl groups excluding tert-OH is 1. The lowest BCUT2D eigenvalue weighted by molar-refractivity contribution is 0.136. The van der Waals surface area contributed by atoms with Crippen LogP contribution in [0.2, 0.25) is 0 Å². The van der Waals surface area contributed by atoms with Crippen LogP contribution in [0, 0.1) is 0 Å². The van der Waals surface area contributed by atoms with Crippen molar-refractivity contribution in [3.63, 3.8) is 0 Å². The Morgan fingerprint density at radius 1 is 1.14 bits per heavy atom. The molecule has 0 fully saturated rings. The van der Waals surface area contributed by atoms with Crippen LogP contribution in [0.15, 0.2) is 35.7 Å². The molecule has 0 radical (unpaired) electrons. The van der Waals surface area contributed by atoms with E-state index in [4.69, 9.17) is 0 Å². The Hall–Kier alpha value is -1.12. The summed E-state index contributed by atoms with van der Waals surface area (Å²) < 4.78 is 0. The second-order valence-corrected chi connectivity index (χ2v) is 8.12. The highest BCUT2D eigenvalue weighted by Gasteiger charge is 2.28. The lowest BCUT2D eigenvalue weighted by Crippen LogP contribution is -2.16. The summed E-state index contributed by atoms with van der Waals surface area (Å²) in [6.45, 7) is 6.66. The van der Waals surface area contributed by atoms with E-state index in [1.54, 1.807) is 0 Å². The molecule has 1 aromatic carbocycles. The van der Waals surface area contributed by atoms with Crippen LogP contribution in [0.4, 0.5) is 0 Å². The highest BCUT2D eigenvalue weighted by atomic mass is 32.1. The van der Waals surface area contributed by atoms with E-state index in [-0.39, 0.29) is 17.4 Å². The van der Waals surface area contributed by atoms with E-state index >= 15 is 0 Å². The molecule has 112 valence electrons. The molecular formula is C19H24OS. The molecule has 1 aliphatic carbocycles. The van der Waals surface area contributed by atoms with Crippen molar-refractivity contribution in [3.05, 3.63) is 57.3 Å². The summed E-state index contributed by atoms with van der Waals surface area (Å²) in [5.41, 5.74) is 3.90. The molecule has 1 aromatic heterocycles. The second kappa shape index (κ2) is 5.58. The maximum atomic E-state index is 10.8.